The van der Waals surface area contributed by atoms with Crippen LogP contribution < -0.4 is 0 Å². The van der Waals surface area contributed by atoms with Crippen molar-refractivity contribution in [3.05, 3.63) is 18.0 Å². The van der Waals surface area contributed by atoms with Gasteiger partial charge in [0.05, 0.1) is 12.2 Å². The molecule has 2 rings (SSSR count). The molecule has 0 saturated carbocycles. The minimum Gasteiger partial charge on any atom is -0.304 e. The summed E-state index contributed by atoms with van der Waals surface area (Å²) in [6, 6.07) is 2.12. The van der Waals surface area contributed by atoms with Gasteiger partial charge in [0.15, 0.2) is 0 Å². The van der Waals surface area contributed by atoms with Crippen LogP contribution in [0.1, 0.15) is 12.6 Å². The summed E-state index contributed by atoms with van der Waals surface area (Å²) in [6.45, 7) is 9.06. The number of nitrogens with zero attached hydrogens (tertiary/aromatic N) is 4. The van der Waals surface area contributed by atoms with Crippen molar-refractivity contribution >= 4 is 0 Å². The number of aromatic nitrogens is 2. The van der Waals surface area contributed by atoms with E-state index in [1.807, 2.05) is 0 Å². The fraction of sp³-hybridized carbons (Fsp3) is 0.750. The first-order valence-corrected chi connectivity index (χ1v) is 6.21. The third kappa shape index (κ3) is 3.06. The first kappa shape index (κ1) is 11.6. The quantitative estimate of drug-likeness (QED) is 0.749. The Balaban J connectivity index is 1.74. The lowest BCUT2D eigenvalue weighted by molar-refractivity contribution is 0.148. The molecule has 2 heterocycles. The molecule has 0 spiro atoms. The number of rotatable bonds is 4. The van der Waals surface area contributed by atoms with E-state index in [1.54, 1.807) is 0 Å². The molecule has 1 aliphatic rings. The number of hydrogen-bond donors (Lipinski definition) is 0. The van der Waals surface area contributed by atoms with Gasteiger partial charge in [0.2, 0.25) is 0 Å². The minimum atomic E-state index is 1.02. The van der Waals surface area contributed by atoms with Crippen molar-refractivity contribution in [3.8, 4) is 0 Å². The lowest BCUT2D eigenvalue weighted by atomic mass is 10.3. The maximum Gasteiger partial charge on any atom is 0.0621 e. The standard InChI is InChI=1S/C12H22N4/c1-3-12-4-5-16(13-12)11-10-15-8-6-14(2)7-9-15/h4-5H,3,6-11H2,1-2H3. The van der Waals surface area contributed by atoms with Crippen LogP contribution in [-0.4, -0.2) is 59.4 Å². The highest BCUT2D eigenvalue weighted by atomic mass is 15.3. The SMILES string of the molecule is CCc1ccn(CCN2CCN(C)CC2)n1. The van der Waals surface area contributed by atoms with E-state index in [2.05, 4.69) is 45.8 Å². The average molecular weight is 222 g/mol. The summed E-state index contributed by atoms with van der Waals surface area (Å²) in [5.41, 5.74) is 1.19. The van der Waals surface area contributed by atoms with Gasteiger partial charge in [0.1, 0.15) is 0 Å². The van der Waals surface area contributed by atoms with Gasteiger partial charge in [-0.25, -0.2) is 0 Å². The molecule has 1 aromatic heterocycles. The lowest BCUT2D eigenvalue weighted by Gasteiger charge is -2.32. The van der Waals surface area contributed by atoms with Crippen LogP contribution in [0.25, 0.3) is 0 Å². The van der Waals surface area contributed by atoms with Crippen LogP contribution in [0.4, 0.5) is 0 Å². The van der Waals surface area contributed by atoms with Crippen LogP contribution in [0.2, 0.25) is 0 Å². The van der Waals surface area contributed by atoms with Gasteiger partial charge in [-0.15, -0.1) is 0 Å². The summed E-state index contributed by atoms with van der Waals surface area (Å²) in [4.78, 5) is 4.91. The molecule has 0 aliphatic carbocycles. The van der Waals surface area contributed by atoms with Crippen molar-refractivity contribution in [2.45, 2.75) is 19.9 Å². The highest BCUT2D eigenvalue weighted by Gasteiger charge is 2.13. The van der Waals surface area contributed by atoms with Crippen LogP contribution in [0.15, 0.2) is 12.3 Å². The number of aryl methyl sites for hydroxylation is 1. The van der Waals surface area contributed by atoms with Gasteiger partial charge in [0.25, 0.3) is 0 Å². The first-order valence-electron chi connectivity index (χ1n) is 6.21. The maximum absolute atomic E-state index is 4.51. The highest BCUT2D eigenvalue weighted by Crippen LogP contribution is 2.01. The molecule has 0 bridgehead atoms. The van der Waals surface area contributed by atoms with Gasteiger partial charge in [-0.05, 0) is 19.5 Å². The Kier molecular flexibility index (Phi) is 3.96. The highest BCUT2D eigenvalue weighted by molar-refractivity contribution is 4.97. The van der Waals surface area contributed by atoms with Gasteiger partial charge in [-0.3, -0.25) is 9.58 Å². The Morgan fingerprint density at radius 3 is 2.56 bits per heavy atom. The van der Waals surface area contributed by atoms with E-state index in [-0.39, 0.29) is 0 Å². The molecule has 1 saturated heterocycles. The molecular formula is C12H22N4. The van der Waals surface area contributed by atoms with Crippen LogP contribution in [-0.2, 0) is 13.0 Å². The number of hydrogen-bond acceptors (Lipinski definition) is 3. The molecular weight excluding hydrogens is 200 g/mol. The predicted molar refractivity (Wildman–Crippen MR) is 65.5 cm³/mol. The van der Waals surface area contributed by atoms with Crippen LogP contribution >= 0.6 is 0 Å². The fourth-order valence-electron chi connectivity index (χ4n) is 2.03. The molecule has 1 fully saturated rings. The second-order valence-corrected chi connectivity index (χ2v) is 4.57. The van der Waals surface area contributed by atoms with Crippen molar-refractivity contribution in [1.29, 1.82) is 0 Å². The van der Waals surface area contributed by atoms with E-state index in [0.717, 1.165) is 19.5 Å². The van der Waals surface area contributed by atoms with Crippen LogP contribution in [0.3, 0.4) is 0 Å². The zero-order valence-corrected chi connectivity index (χ0v) is 10.4. The summed E-state index contributed by atoms with van der Waals surface area (Å²) >= 11 is 0. The topological polar surface area (TPSA) is 24.3 Å². The van der Waals surface area contributed by atoms with E-state index >= 15 is 0 Å². The van der Waals surface area contributed by atoms with Gasteiger partial charge < -0.3 is 4.90 Å². The molecule has 16 heavy (non-hydrogen) atoms. The molecule has 90 valence electrons. The van der Waals surface area contributed by atoms with Gasteiger partial charge in [-0.2, -0.15) is 5.10 Å². The van der Waals surface area contributed by atoms with E-state index in [4.69, 9.17) is 0 Å². The van der Waals surface area contributed by atoms with Crippen LogP contribution in [0.5, 0.6) is 0 Å². The van der Waals surface area contributed by atoms with E-state index in [1.165, 1.54) is 31.9 Å². The van der Waals surface area contributed by atoms with E-state index in [0.29, 0.717) is 0 Å². The Bertz CT molecular complexity index is 313. The fourth-order valence-corrected chi connectivity index (χ4v) is 2.03. The minimum absolute atomic E-state index is 1.02. The molecule has 1 aliphatic heterocycles. The molecule has 0 N–H and O–H groups in total. The Morgan fingerprint density at radius 2 is 1.94 bits per heavy atom. The molecule has 1 aromatic rings. The number of likely N-dealkylation sites (N-methyl/N-ethyl adjacent to an activating group) is 1. The average Bonchev–Trinajstić information content (AvgIpc) is 2.76. The molecule has 0 atom stereocenters. The molecule has 0 unspecified atom stereocenters. The molecule has 0 amide bonds. The Hall–Kier alpha value is -0.870. The predicted octanol–water partition coefficient (Wildman–Crippen LogP) is 0.693. The van der Waals surface area contributed by atoms with E-state index in [9.17, 15) is 0 Å². The normalized spacial score (nSPS) is 19.1. The van der Waals surface area contributed by atoms with Gasteiger partial charge in [0, 0.05) is 38.9 Å². The van der Waals surface area contributed by atoms with Crippen molar-refractivity contribution in [2.75, 3.05) is 39.8 Å². The van der Waals surface area contributed by atoms with Gasteiger partial charge in [-0.1, -0.05) is 6.92 Å². The summed E-state index contributed by atoms with van der Waals surface area (Å²) < 4.78 is 2.07. The second kappa shape index (κ2) is 5.46. The number of piperazine rings is 1. The second-order valence-electron chi connectivity index (χ2n) is 4.57. The molecule has 4 heteroatoms. The smallest absolute Gasteiger partial charge is 0.0621 e. The molecule has 0 radical (unpaired) electrons. The Labute approximate surface area is 97.8 Å². The molecule has 4 nitrogen and oxygen atoms in total. The molecule has 0 aromatic carbocycles. The summed E-state index contributed by atoms with van der Waals surface area (Å²) in [5, 5.41) is 4.51. The van der Waals surface area contributed by atoms with Gasteiger partial charge >= 0.3 is 0 Å². The van der Waals surface area contributed by atoms with Crippen molar-refractivity contribution in [3.63, 3.8) is 0 Å². The third-order valence-corrected chi connectivity index (χ3v) is 3.30. The lowest BCUT2D eigenvalue weighted by Crippen LogP contribution is -2.45. The summed E-state index contributed by atoms with van der Waals surface area (Å²) in [5.74, 6) is 0. The monoisotopic (exact) mass is 222 g/mol. The van der Waals surface area contributed by atoms with Crippen molar-refractivity contribution < 1.29 is 0 Å². The summed E-state index contributed by atoms with van der Waals surface area (Å²) in [7, 11) is 2.19. The van der Waals surface area contributed by atoms with E-state index < -0.39 is 0 Å². The maximum atomic E-state index is 4.51. The Morgan fingerprint density at radius 1 is 1.19 bits per heavy atom. The zero-order valence-electron chi connectivity index (χ0n) is 10.4. The third-order valence-electron chi connectivity index (χ3n) is 3.30. The van der Waals surface area contributed by atoms with Crippen LogP contribution in [0, 0.1) is 0 Å². The largest absolute Gasteiger partial charge is 0.304 e. The van der Waals surface area contributed by atoms with Crippen molar-refractivity contribution in [2.24, 2.45) is 0 Å². The first-order chi connectivity index (χ1) is 7.78. The summed E-state index contributed by atoms with van der Waals surface area (Å²) in [6.07, 6.45) is 3.12. The zero-order chi connectivity index (χ0) is 11.4. The van der Waals surface area contributed by atoms with Crippen molar-refractivity contribution in [1.82, 2.24) is 19.6 Å².